The predicted molar refractivity (Wildman–Crippen MR) is 84.7 cm³/mol. The SMILES string of the molecule is CCCCOC(=O)C1CCC(O)(c2ccc(OC)cc2)CC1. The minimum absolute atomic E-state index is 0.0737. The van der Waals surface area contributed by atoms with E-state index >= 15 is 0 Å². The molecule has 2 rings (SSSR count). The van der Waals surface area contributed by atoms with Crippen molar-refractivity contribution in [1.29, 1.82) is 0 Å². The molecule has 0 unspecified atom stereocenters. The minimum atomic E-state index is -0.841. The van der Waals surface area contributed by atoms with Crippen LogP contribution in [-0.2, 0) is 15.1 Å². The van der Waals surface area contributed by atoms with Gasteiger partial charge in [0.2, 0.25) is 0 Å². The van der Waals surface area contributed by atoms with Crippen LogP contribution >= 0.6 is 0 Å². The molecule has 0 spiro atoms. The van der Waals surface area contributed by atoms with Crippen molar-refractivity contribution in [1.82, 2.24) is 0 Å². The first kappa shape index (κ1) is 16.8. The number of rotatable bonds is 6. The number of hydrogen-bond donors (Lipinski definition) is 1. The molecule has 1 aliphatic carbocycles. The van der Waals surface area contributed by atoms with Gasteiger partial charge in [0, 0.05) is 0 Å². The summed E-state index contributed by atoms with van der Waals surface area (Å²) in [5.74, 6) is 0.598. The van der Waals surface area contributed by atoms with Gasteiger partial charge in [0.1, 0.15) is 5.75 Å². The molecule has 1 N–H and O–H groups in total. The minimum Gasteiger partial charge on any atom is -0.497 e. The number of unbranched alkanes of at least 4 members (excludes halogenated alkanes) is 1. The molecule has 1 saturated carbocycles. The lowest BCUT2D eigenvalue weighted by Crippen LogP contribution is -2.34. The summed E-state index contributed by atoms with van der Waals surface area (Å²) in [6, 6.07) is 7.52. The Morgan fingerprint density at radius 1 is 1.27 bits per heavy atom. The zero-order chi connectivity index (χ0) is 16.0. The number of methoxy groups -OCH3 is 1. The molecule has 22 heavy (non-hydrogen) atoms. The molecule has 1 aromatic rings. The fourth-order valence-corrected chi connectivity index (χ4v) is 2.96. The average molecular weight is 306 g/mol. The van der Waals surface area contributed by atoms with Gasteiger partial charge in [-0.05, 0) is 49.8 Å². The summed E-state index contributed by atoms with van der Waals surface area (Å²) in [5, 5.41) is 10.8. The van der Waals surface area contributed by atoms with Gasteiger partial charge in [-0.1, -0.05) is 25.5 Å². The molecule has 0 aromatic heterocycles. The fraction of sp³-hybridized carbons (Fsp3) is 0.611. The molecule has 1 fully saturated rings. The molecule has 0 bridgehead atoms. The highest BCUT2D eigenvalue weighted by molar-refractivity contribution is 5.72. The van der Waals surface area contributed by atoms with Crippen LogP contribution in [0.3, 0.4) is 0 Å². The quantitative estimate of drug-likeness (QED) is 0.646. The number of ether oxygens (including phenoxy) is 2. The molecule has 0 aliphatic heterocycles. The first-order valence-electron chi connectivity index (χ1n) is 8.12. The van der Waals surface area contributed by atoms with E-state index in [0.717, 1.165) is 24.2 Å². The monoisotopic (exact) mass is 306 g/mol. The summed E-state index contributed by atoms with van der Waals surface area (Å²) >= 11 is 0. The van der Waals surface area contributed by atoms with Crippen molar-refractivity contribution in [2.45, 2.75) is 51.0 Å². The van der Waals surface area contributed by atoms with Crippen LogP contribution in [0.1, 0.15) is 51.0 Å². The molecular formula is C18H26O4. The van der Waals surface area contributed by atoms with Crippen LogP contribution in [-0.4, -0.2) is 24.8 Å². The van der Waals surface area contributed by atoms with Gasteiger partial charge in [-0.25, -0.2) is 0 Å². The number of carbonyl (C=O) groups is 1. The summed E-state index contributed by atoms with van der Waals surface area (Å²) in [7, 11) is 1.62. The molecule has 4 heteroatoms. The Labute approximate surface area is 132 Å². The lowest BCUT2D eigenvalue weighted by atomic mass is 9.75. The zero-order valence-corrected chi connectivity index (χ0v) is 13.5. The lowest BCUT2D eigenvalue weighted by molar-refractivity contribution is -0.151. The summed E-state index contributed by atoms with van der Waals surface area (Å²) < 4.78 is 10.4. The van der Waals surface area contributed by atoms with Crippen LogP contribution in [0.2, 0.25) is 0 Å². The maximum atomic E-state index is 12.0. The van der Waals surface area contributed by atoms with Crippen LogP contribution in [0, 0.1) is 5.92 Å². The molecule has 0 atom stereocenters. The van der Waals surface area contributed by atoms with Gasteiger partial charge in [-0.2, -0.15) is 0 Å². The highest BCUT2D eigenvalue weighted by Crippen LogP contribution is 2.40. The van der Waals surface area contributed by atoms with Crippen molar-refractivity contribution in [2.75, 3.05) is 13.7 Å². The van der Waals surface area contributed by atoms with Crippen molar-refractivity contribution in [2.24, 2.45) is 5.92 Å². The second-order valence-electron chi connectivity index (χ2n) is 6.06. The molecule has 0 radical (unpaired) electrons. The molecule has 0 saturated heterocycles. The highest BCUT2D eigenvalue weighted by atomic mass is 16.5. The van der Waals surface area contributed by atoms with Crippen LogP contribution in [0.25, 0.3) is 0 Å². The van der Waals surface area contributed by atoms with Gasteiger partial charge >= 0.3 is 5.97 Å². The first-order valence-corrected chi connectivity index (χ1v) is 8.12. The van der Waals surface area contributed by atoms with Crippen LogP contribution in [0.4, 0.5) is 0 Å². The van der Waals surface area contributed by atoms with E-state index in [0.29, 0.717) is 32.3 Å². The Kier molecular flexibility index (Phi) is 5.83. The van der Waals surface area contributed by atoms with E-state index in [4.69, 9.17) is 9.47 Å². The fourth-order valence-electron chi connectivity index (χ4n) is 2.96. The van der Waals surface area contributed by atoms with Crippen LogP contribution in [0.15, 0.2) is 24.3 Å². The van der Waals surface area contributed by atoms with E-state index in [1.54, 1.807) is 7.11 Å². The van der Waals surface area contributed by atoms with Crippen molar-refractivity contribution in [3.05, 3.63) is 29.8 Å². The number of benzene rings is 1. The van der Waals surface area contributed by atoms with E-state index in [9.17, 15) is 9.90 Å². The Morgan fingerprint density at radius 2 is 1.91 bits per heavy atom. The number of aliphatic hydroxyl groups is 1. The lowest BCUT2D eigenvalue weighted by Gasteiger charge is -2.35. The first-order chi connectivity index (χ1) is 10.6. The maximum Gasteiger partial charge on any atom is 0.308 e. The standard InChI is InChI=1S/C18H26O4/c1-3-4-13-22-17(19)14-9-11-18(20,12-10-14)15-5-7-16(21-2)8-6-15/h5-8,14,20H,3-4,9-13H2,1-2H3. The van der Waals surface area contributed by atoms with Gasteiger partial charge < -0.3 is 14.6 Å². The summed E-state index contributed by atoms with van der Waals surface area (Å²) in [6.07, 6.45) is 4.46. The Bertz CT molecular complexity index is 472. The van der Waals surface area contributed by atoms with Crippen LogP contribution in [0.5, 0.6) is 5.75 Å². The van der Waals surface area contributed by atoms with E-state index in [-0.39, 0.29) is 11.9 Å². The maximum absolute atomic E-state index is 12.0. The van der Waals surface area contributed by atoms with E-state index in [1.807, 2.05) is 24.3 Å². The predicted octanol–water partition coefficient (Wildman–Crippen LogP) is 3.42. The summed E-state index contributed by atoms with van der Waals surface area (Å²) in [4.78, 5) is 12.0. The molecule has 122 valence electrons. The van der Waals surface area contributed by atoms with Crippen molar-refractivity contribution in [3.8, 4) is 5.75 Å². The highest BCUT2D eigenvalue weighted by Gasteiger charge is 2.37. The smallest absolute Gasteiger partial charge is 0.308 e. The van der Waals surface area contributed by atoms with E-state index in [2.05, 4.69) is 6.92 Å². The Balaban J connectivity index is 1.90. The molecule has 0 heterocycles. The van der Waals surface area contributed by atoms with Crippen molar-refractivity contribution >= 4 is 5.97 Å². The topological polar surface area (TPSA) is 55.8 Å². The summed E-state index contributed by atoms with van der Waals surface area (Å²) in [5.41, 5.74) is 0.0537. The molecule has 1 aliphatic rings. The molecule has 1 aromatic carbocycles. The normalized spacial score (nSPS) is 24.8. The van der Waals surface area contributed by atoms with Gasteiger partial charge in [-0.3, -0.25) is 4.79 Å². The molecule has 4 nitrogen and oxygen atoms in total. The van der Waals surface area contributed by atoms with E-state index < -0.39 is 5.60 Å². The van der Waals surface area contributed by atoms with Gasteiger partial charge in [0.25, 0.3) is 0 Å². The second kappa shape index (κ2) is 7.63. The number of hydrogen-bond acceptors (Lipinski definition) is 4. The van der Waals surface area contributed by atoms with Crippen LogP contribution < -0.4 is 4.74 Å². The van der Waals surface area contributed by atoms with Crippen molar-refractivity contribution in [3.63, 3.8) is 0 Å². The number of esters is 1. The largest absolute Gasteiger partial charge is 0.497 e. The van der Waals surface area contributed by atoms with E-state index in [1.165, 1.54) is 0 Å². The van der Waals surface area contributed by atoms with Gasteiger partial charge in [0.05, 0.1) is 25.2 Å². The van der Waals surface area contributed by atoms with Gasteiger partial charge in [-0.15, -0.1) is 0 Å². The Morgan fingerprint density at radius 3 is 2.45 bits per heavy atom. The zero-order valence-electron chi connectivity index (χ0n) is 13.5. The number of carbonyl (C=O) groups excluding carboxylic acids is 1. The van der Waals surface area contributed by atoms with Crippen molar-refractivity contribution < 1.29 is 19.4 Å². The average Bonchev–Trinajstić information content (AvgIpc) is 2.55. The summed E-state index contributed by atoms with van der Waals surface area (Å²) in [6.45, 7) is 2.58. The second-order valence-corrected chi connectivity index (χ2v) is 6.06. The third-order valence-corrected chi connectivity index (χ3v) is 4.52. The molecular weight excluding hydrogens is 280 g/mol. The Hall–Kier alpha value is -1.55. The van der Waals surface area contributed by atoms with Gasteiger partial charge in [0.15, 0.2) is 0 Å². The third-order valence-electron chi connectivity index (χ3n) is 4.52. The molecule has 0 amide bonds. The third kappa shape index (κ3) is 4.01.